The van der Waals surface area contributed by atoms with Gasteiger partial charge in [-0.05, 0) is 70.5 Å². The molecule has 1 aliphatic rings. The molecule has 1 amide bonds. The van der Waals surface area contributed by atoms with Crippen LogP contribution in [-0.4, -0.2) is 55.5 Å². The van der Waals surface area contributed by atoms with Crippen molar-refractivity contribution in [1.82, 2.24) is 4.90 Å². The second kappa shape index (κ2) is 9.69. The zero-order chi connectivity index (χ0) is 20.0. The van der Waals surface area contributed by atoms with Gasteiger partial charge in [-0.1, -0.05) is 25.1 Å². The molecule has 0 radical (unpaired) electrons. The number of hydrogen-bond donors (Lipinski definition) is 1. The molecular formula is C18H29NO5S2. The molecule has 0 aromatic heterocycles. The number of ether oxygens (including phenoxy) is 1. The molecule has 26 heavy (non-hydrogen) atoms. The van der Waals surface area contributed by atoms with E-state index in [1.54, 1.807) is 27.7 Å². The summed E-state index contributed by atoms with van der Waals surface area (Å²) >= 11 is 5.43. The highest BCUT2D eigenvalue weighted by molar-refractivity contribution is 8.14. The number of thioether (sulfide) groups is 1. The van der Waals surface area contributed by atoms with Gasteiger partial charge in [0.2, 0.25) is 5.91 Å². The van der Waals surface area contributed by atoms with Gasteiger partial charge in [-0.3, -0.25) is 9.59 Å². The Kier molecular flexibility index (Phi) is 8.53. The van der Waals surface area contributed by atoms with Crippen molar-refractivity contribution in [3.63, 3.8) is 0 Å². The minimum Gasteiger partial charge on any atom is -0.473 e. The van der Waals surface area contributed by atoms with Gasteiger partial charge in [0.1, 0.15) is 16.9 Å². The van der Waals surface area contributed by atoms with Crippen LogP contribution in [0.2, 0.25) is 0 Å². The molecule has 8 heteroatoms. The van der Waals surface area contributed by atoms with Gasteiger partial charge in [0, 0.05) is 6.04 Å². The van der Waals surface area contributed by atoms with Crippen LogP contribution in [0.1, 0.15) is 66.2 Å². The van der Waals surface area contributed by atoms with Crippen LogP contribution in [0.25, 0.3) is 0 Å². The van der Waals surface area contributed by atoms with Gasteiger partial charge < -0.3 is 14.7 Å². The number of amides is 1. The van der Waals surface area contributed by atoms with E-state index in [0.717, 1.165) is 25.7 Å². The van der Waals surface area contributed by atoms with Gasteiger partial charge in [0.25, 0.3) is 0 Å². The van der Waals surface area contributed by atoms with Crippen molar-refractivity contribution in [2.24, 2.45) is 0 Å². The number of esters is 1. The fourth-order valence-electron chi connectivity index (χ4n) is 3.13. The van der Waals surface area contributed by atoms with Crippen LogP contribution in [0.15, 0.2) is 0 Å². The molecule has 0 spiro atoms. The van der Waals surface area contributed by atoms with E-state index in [0.29, 0.717) is 24.6 Å². The number of carboxylic acid groups (broad SMARTS) is 1. The van der Waals surface area contributed by atoms with Crippen LogP contribution >= 0.6 is 24.0 Å². The van der Waals surface area contributed by atoms with E-state index in [2.05, 4.69) is 0 Å². The summed E-state index contributed by atoms with van der Waals surface area (Å²) < 4.78 is 4.20. The molecule has 0 saturated heterocycles. The van der Waals surface area contributed by atoms with E-state index in [4.69, 9.17) is 17.0 Å². The first-order chi connectivity index (χ1) is 12.0. The van der Waals surface area contributed by atoms with E-state index in [1.807, 2.05) is 0 Å². The normalized spacial score (nSPS) is 17.4. The Labute approximate surface area is 165 Å². The summed E-state index contributed by atoms with van der Waals surface area (Å²) in [6.07, 6.45) is 4.37. The third-order valence-electron chi connectivity index (χ3n) is 4.25. The largest absolute Gasteiger partial charge is 0.473 e. The van der Waals surface area contributed by atoms with Crippen LogP contribution in [-0.2, 0) is 14.3 Å². The molecular weight excluding hydrogens is 374 g/mol. The van der Waals surface area contributed by atoms with Gasteiger partial charge in [0.15, 0.2) is 0 Å². The molecule has 0 heterocycles. The lowest BCUT2D eigenvalue weighted by Gasteiger charge is -2.36. The van der Waals surface area contributed by atoms with Crippen LogP contribution in [0, 0.1) is 0 Å². The summed E-state index contributed by atoms with van der Waals surface area (Å²) in [4.78, 5) is 38.4. The van der Waals surface area contributed by atoms with Crippen molar-refractivity contribution in [2.45, 2.75) is 82.6 Å². The van der Waals surface area contributed by atoms with Crippen molar-refractivity contribution < 1.29 is 24.2 Å². The van der Waals surface area contributed by atoms with E-state index >= 15 is 0 Å². The number of hydrogen-bond acceptors (Lipinski definition) is 6. The smallest absolute Gasteiger partial charge is 0.365 e. The van der Waals surface area contributed by atoms with Gasteiger partial charge in [-0.15, -0.1) is 0 Å². The average Bonchev–Trinajstić information content (AvgIpc) is 3.01. The Bertz CT molecular complexity index is 540. The highest BCUT2D eigenvalue weighted by Crippen LogP contribution is 2.35. The first-order valence-electron chi connectivity index (χ1n) is 8.87. The second-order valence-electron chi connectivity index (χ2n) is 7.76. The van der Waals surface area contributed by atoms with Gasteiger partial charge >= 0.3 is 11.3 Å². The van der Waals surface area contributed by atoms with Gasteiger partial charge in [-0.25, -0.2) is 4.79 Å². The predicted molar refractivity (Wildman–Crippen MR) is 107 cm³/mol. The van der Waals surface area contributed by atoms with Crippen molar-refractivity contribution in [2.75, 3.05) is 6.54 Å². The Balaban J connectivity index is 3.05. The van der Waals surface area contributed by atoms with Crippen LogP contribution in [0.4, 0.5) is 4.79 Å². The van der Waals surface area contributed by atoms with Crippen LogP contribution in [0.3, 0.4) is 0 Å². The molecule has 1 atom stereocenters. The molecule has 1 N–H and O–H groups in total. The van der Waals surface area contributed by atoms with E-state index in [-0.39, 0.29) is 18.5 Å². The Morgan fingerprint density at radius 1 is 1.23 bits per heavy atom. The number of carbonyl (C=O) groups is 3. The van der Waals surface area contributed by atoms with E-state index in [1.165, 1.54) is 10.3 Å². The molecule has 1 unspecified atom stereocenters. The molecule has 1 rings (SSSR count). The minimum absolute atomic E-state index is 0.0591. The maximum absolute atomic E-state index is 13.3. The first kappa shape index (κ1) is 22.9. The molecule has 6 nitrogen and oxygen atoms in total. The number of thiocarbonyl (C=S) groups is 1. The fourth-order valence-corrected chi connectivity index (χ4v) is 4.06. The van der Waals surface area contributed by atoms with Gasteiger partial charge in [0.05, 0.1) is 0 Å². The topological polar surface area (TPSA) is 83.9 Å². The molecule has 0 aliphatic heterocycles. The maximum Gasteiger partial charge on any atom is 0.365 e. The summed E-state index contributed by atoms with van der Waals surface area (Å²) in [7, 11) is 0. The van der Waals surface area contributed by atoms with E-state index in [9.17, 15) is 19.5 Å². The van der Waals surface area contributed by atoms with Crippen LogP contribution in [0.5, 0.6) is 0 Å². The quantitative estimate of drug-likeness (QED) is 0.483. The van der Waals surface area contributed by atoms with Crippen molar-refractivity contribution in [3.05, 3.63) is 0 Å². The lowest BCUT2D eigenvalue weighted by Crippen LogP contribution is -2.52. The Morgan fingerprint density at radius 2 is 1.81 bits per heavy atom. The van der Waals surface area contributed by atoms with Gasteiger partial charge in [-0.2, -0.15) is 0 Å². The molecule has 0 aromatic rings. The van der Waals surface area contributed by atoms with Crippen molar-refractivity contribution in [1.29, 1.82) is 0 Å². The summed E-state index contributed by atoms with van der Waals surface area (Å²) in [6.45, 7) is 6.78. The number of nitrogens with zero attached hydrogens (tertiary/aromatic N) is 1. The maximum atomic E-state index is 13.3. The summed E-state index contributed by atoms with van der Waals surface area (Å²) in [6, 6.07) is -0.0591. The van der Waals surface area contributed by atoms with Crippen LogP contribution < -0.4 is 0 Å². The zero-order valence-electron chi connectivity index (χ0n) is 15.9. The SMILES string of the molecule is CC(C)(C)OC(=O)CN(C(=O)C(C)(CCC=S)SC(=O)O)C1CCCC1. The standard InChI is InChI=1S/C18H29NO5S2/c1-17(2,3)24-14(20)12-19(13-8-5-6-9-13)15(21)18(4,10-7-11-25)26-16(22)23/h11,13H,5-10,12H2,1-4H3,(H,22,23). The summed E-state index contributed by atoms with van der Waals surface area (Å²) in [5.41, 5.74) is -0.641. The Morgan fingerprint density at radius 3 is 2.27 bits per heavy atom. The highest BCUT2D eigenvalue weighted by Gasteiger charge is 2.42. The third-order valence-corrected chi connectivity index (χ3v) is 5.49. The highest BCUT2D eigenvalue weighted by atomic mass is 32.2. The molecule has 0 bridgehead atoms. The fraction of sp³-hybridized carbons (Fsp3) is 0.778. The zero-order valence-corrected chi connectivity index (χ0v) is 17.6. The lowest BCUT2D eigenvalue weighted by molar-refractivity contribution is -0.160. The molecule has 148 valence electrons. The lowest BCUT2D eigenvalue weighted by atomic mass is 10.0. The Hall–Kier alpha value is -1.15. The third kappa shape index (κ3) is 7.23. The number of rotatable bonds is 8. The summed E-state index contributed by atoms with van der Waals surface area (Å²) in [5.74, 6) is -0.810. The first-order valence-corrected chi connectivity index (χ1v) is 10.2. The molecule has 1 fully saturated rings. The average molecular weight is 404 g/mol. The molecule has 1 saturated carbocycles. The van der Waals surface area contributed by atoms with Crippen molar-refractivity contribution >= 4 is 46.5 Å². The van der Waals surface area contributed by atoms with Crippen molar-refractivity contribution in [3.8, 4) is 0 Å². The monoisotopic (exact) mass is 403 g/mol. The second-order valence-corrected chi connectivity index (χ2v) is 9.55. The molecule has 0 aromatic carbocycles. The predicted octanol–water partition coefficient (Wildman–Crippen LogP) is 4.05. The molecule has 1 aliphatic carbocycles. The number of carbonyl (C=O) groups excluding carboxylic acids is 2. The summed E-state index contributed by atoms with van der Waals surface area (Å²) in [5, 5.41) is 9.63. The van der Waals surface area contributed by atoms with E-state index < -0.39 is 21.6 Å². The minimum atomic E-state index is -1.17.